The molecule has 24 heavy (non-hydrogen) atoms. The fraction of sp³-hybridized carbons (Fsp3) is 0.222. The van der Waals surface area contributed by atoms with Crippen LogP contribution in [0.2, 0.25) is 0 Å². The first-order valence-electron chi connectivity index (χ1n) is 7.82. The maximum Gasteiger partial charge on any atom is 0.224 e. The third-order valence-corrected chi connectivity index (χ3v) is 4.83. The van der Waals surface area contributed by atoms with Crippen LogP contribution in [0.25, 0.3) is 10.2 Å². The molecule has 0 spiro atoms. The lowest BCUT2D eigenvalue weighted by Gasteiger charge is -2.18. The van der Waals surface area contributed by atoms with E-state index in [1.807, 2.05) is 36.4 Å². The molecule has 122 valence electrons. The zero-order valence-corrected chi connectivity index (χ0v) is 13.8. The van der Waals surface area contributed by atoms with Gasteiger partial charge >= 0.3 is 0 Å². The van der Waals surface area contributed by atoms with Gasteiger partial charge in [0.2, 0.25) is 5.91 Å². The molecule has 0 atom stereocenters. The van der Waals surface area contributed by atoms with Gasteiger partial charge in [-0.3, -0.25) is 4.79 Å². The SMILES string of the molecule is O=C(CCc1nc2ccccc2s1)Nc1ccc2c(c1)OCCO2. The summed E-state index contributed by atoms with van der Waals surface area (Å²) in [5, 5.41) is 3.88. The number of hydrogen-bond donors (Lipinski definition) is 1. The molecule has 1 aromatic heterocycles. The molecule has 1 aliphatic rings. The molecular formula is C18H16N2O3S. The van der Waals surface area contributed by atoms with Crippen molar-refractivity contribution in [3.05, 3.63) is 47.5 Å². The topological polar surface area (TPSA) is 60.5 Å². The lowest BCUT2D eigenvalue weighted by molar-refractivity contribution is -0.116. The molecule has 0 saturated carbocycles. The van der Waals surface area contributed by atoms with Gasteiger partial charge in [-0.25, -0.2) is 4.98 Å². The summed E-state index contributed by atoms with van der Waals surface area (Å²) in [4.78, 5) is 16.7. The van der Waals surface area contributed by atoms with E-state index in [9.17, 15) is 4.79 Å². The van der Waals surface area contributed by atoms with Gasteiger partial charge in [-0.2, -0.15) is 0 Å². The summed E-state index contributed by atoms with van der Waals surface area (Å²) in [6, 6.07) is 13.4. The summed E-state index contributed by atoms with van der Waals surface area (Å²) in [6.45, 7) is 1.09. The van der Waals surface area contributed by atoms with Crippen molar-refractivity contribution in [3.8, 4) is 11.5 Å². The molecule has 0 unspecified atom stereocenters. The molecule has 3 aromatic rings. The highest BCUT2D eigenvalue weighted by atomic mass is 32.1. The molecule has 5 nitrogen and oxygen atoms in total. The molecule has 0 aliphatic carbocycles. The van der Waals surface area contributed by atoms with Gasteiger partial charge in [-0.1, -0.05) is 12.1 Å². The number of para-hydroxylation sites is 1. The van der Waals surface area contributed by atoms with Crippen LogP contribution in [-0.4, -0.2) is 24.1 Å². The summed E-state index contributed by atoms with van der Waals surface area (Å²) in [7, 11) is 0. The monoisotopic (exact) mass is 340 g/mol. The molecule has 2 aromatic carbocycles. The van der Waals surface area contributed by atoms with Crippen LogP contribution in [0.3, 0.4) is 0 Å². The summed E-state index contributed by atoms with van der Waals surface area (Å²) in [5.41, 5.74) is 1.71. The Kier molecular flexibility index (Phi) is 4.04. The summed E-state index contributed by atoms with van der Waals surface area (Å²) in [6.07, 6.45) is 1.03. The molecule has 0 saturated heterocycles. The Morgan fingerprint density at radius 1 is 1.12 bits per heavy atom. The van der Waals surface area contributed by atoms with E-state index in [1.54, 1.807) is 17.4 Å². The van der Waals surface area contributed by atoms with Crippen molar-refractivity contribution in [3.63, 3.8) is 0 Å². The number of thiazole rings is 1. The number of nitrogens with one attached hydrogen (secondary N) is 1. The maximum atomic E-state index is 12.2. The zero-order chi connectivity index (χ0) is 16.4. The van der Waals surface area contributed by atoms with E-state index in [4.69, 9.17) is 9.47 Å². The number of aromatic nitrogens is 1. The van der Waals surface area contributed by atoms with Crippen molar-refractivity contribution in [2.75, 3.05) is 18.5 Å². The molecule has 1 aliphatic heterocycles. The fourth-order valence-electron chi connectivity index (χ4n) is 2.59. The van der Waals surface area contributed by atoms with Crippen molar-refractivity contribution < 1.29 is 14.3 Å². The first-order valence-corrected chi connectivity index (χ1v) is 8.63. The van der Waals surface area contributed by atoms with Gasteiger partial charge in [0.1, 0.15) is 13.2 Å². The number of anilines is 1. The van der Waals surface area contributed by atoms with Gasteiger partial charge in [-0.15, -0.1) is 11.3 Å². The van der Waals surface area contributed by atoms with E-state index in [0.29, 0.717) is 43.2 Å². The molecule has 0 bridgehead atoms. The summed E-state index contributed by atoms with van der Waals surface area (Å²) in [5.74, 6) is 1.35. The second kappa shape index (κ2) is 6.49. The number of aryl methyl sites for hydroxylation is 1. The minimum absolute atomic E-state index is 0.0362. The molecule has 6 heteroatoms. The number of rotatable bonds is 4. The lowest BCUT2D eigenvalue weighted by Crippen LogP contribution is -2.16. The molecule has 1 amide bonds. The van der Waals surface area contributed by atoms with Gasteiger partial charge in [-0.05, 0) is 24.3 Å². The number of ether oxygens (including phenoxy) is 2. The van der Waals surface area contributed by atoms with Gasteiger partial charge in [0, 0.05) is 24.6 Å². The van der Waals surface area contributed by atoms with Crippen LogP contribution in [0, 0.1) is 0 Å². The van der Waals surface area contributed by atoms with Gasteiger partial charge < -0.3 is 14.8 Å². The Bertz CT molecular complexity index is 858. The number of nitrogens with zero attached hydrogens (tertiary/aromatic N) is 1. The highest BCUT2D eigenvalue weighted by Crippen LogP contribution is 2.32. The van der Waals surface area contributed by atoms with Crippen LogP contribution in [0.15, 0.2) is 42.5 Å². The van der Waals surface area contributed by atoms with E-state index in [0.717, 1.165) is 15.2 Å². The average molecular weight is 340 g/mol. The smallest absolute Gasteiger partial charge is 0.224 e. The van der Waals surface area contributed by atoms with Gasteiger partial charge in [0.25, 0.3) is 0 Å². The van der Waals surface area contributed by atoms with Crippen molar-refractivity contribution in [2.24, 2.45) is 0 Å². The van der Waals surface area contributed by atoms with Crippen LogP contribution >= 0.6 is 11.3 Å². The van der Waals surface area contributed by atoms with Gasteiger partial charge in [0.05, 0.1) is 15.2 Å². The number of carbonyl (C=O) groups excluding carboxylic acids is 1. The predicted molar refractivity (Wildman–Crippen MR) is 94.0 cm³/mol. The first-order chi connectivity index (χ1) is 11.8. The van der Waals surface area contributed by atoms with Crippen molar-refractivity contribution in [1.29, 1.82) is 0 Å². The highest BCUT2D eigenvalue weighted by Gasteiger charge is 2.13. The van der Waals surface area contributed by atoms with Gasteiger partial charge in [0.15, 0.2) is 11.5 Å². The van der Waals surface area contributed by atoms with E-state index in [1.165, 1.54) is 0 Å². The molecule has 0 radical (unpaired) electrons. The molecule has 2 heterocycles. The summed E-state index contributed by atoms with van der Waals surface area (Å²) >= 11 is 1.64. The maximum absolute atomic E-state index is 12.2. The lowest BCUT2D eigenvalue weighted by atomic mass is 10.2. The second-order valence-corrected chi connectivity index (χ2v) is 6.60. The normalized spacial score (nSPS) is 13.0. The minimum atomic E-state index is -0.0362. The minimum Gasteiger partial charge on any atom is -0.486 e. The Morgan fingerprint density at radius 2 is 1.96 bits per heavy atom. The molecule has 1 N–H and O–H groups in total. The molecule has 0 fully saturated rings. The Balaban J connectivity index is 1.38. The Labute approximate surface area is 143 Å². The standard InChI is InChI=1S/C18H16N2O3S/c21-17(7-8-18-20-13-3-1-2-4-16(13)24-18)19-12-5-6-14-15(11-12)23-10-9-22-14/h1-6,11H,7-10H2,(H,19,21). The van der Waals surface area contributed by atoms with Crippen LogP contribution < -0.4 is 14.8 Å². The van der Waals surface area contributed by atoms with E-state index in [-0.39, 0.29) is 5.91 Å². The number of amides is 1. The van der Waals surface area contributed by atoms with Crippen LogP contribution in [0.5, 0.6) is 11.5 Å². The van der Waals surface area contributed by atoms with Crippen LogP contribution in [-0.2, 0) is 11.2 Å². The quantitative estimate of drug-likeness (QED) is 0.788. The Hall–Kier alpha value is -2.60. The Morgan fingerprint density at radius 3 is 2.83 bits per heavy atom. The third-order valence-electron chi connectivity index (χ3n) is 3.73. The first kappa shape index (κ1) is 15.0. The van der Waals surface area contributed by atoms with Crippen molar-refractivity contribution in [2.45, 2.75) is 12.8 Å². The average Bonchev–Trinajstić information content (AvgIpc) is 3.03. The summed E-state index contributed by atoms with van der Waals surface area (Å²) < 4.78 is 12.1. The number of benzene rings is 2. The molecule has 4 rings (SSSR count). The van der Waals surface area contributed by atoms with E-state index < -0.39 is 0 Å². The number of fused-ring (bicyclic) bond motifs is 2. The fourth-order valence-corrected chi connectivity index (χ4v) is 3.56. The van der Waals surface area contributed by atoms with Crippen LogP contribution in [0.1, 0.15) is 11.4 Å². The van der Waals surface area contributed by atoms with E-state index >= 15 is 0 Å². The second-order valence-electron chi connectivity index (χ2n) is 5.48. The van der Waals surface area contributed by atoms with E-state index in [2.05, 4.69) is 10.3 Å². The number of carbonyl (C=O) groups is 1. The van der Waals surface area contributed by atoms with Crippen LogP contribution in [0.4, 0.5) is 5.69 Å². The largest absolute Gasteiger partial charge is 0.486 e. The van der Waals surface area contributed by atoms with Crippen molar-refractivity contribution in [1.82, 2.24) is 4.98 Å². The number of hydrogen-bond acceptors (Lipinski definition) is 5. The molecular weight excluding hydrogens is 324 g/mol. The zero-order valence-electron chi connectivity index (χ0n) is 13.0. The third kappa shape index (κ3) is 3.19. The van der Waals surface area contributed by atoms with Crippen molar-refractivity contribution >= 4 is 33.1 Å². The highest BCUT2D eigenvalue weighted by molar-refractivity contribution is 7.18. The predicted octanol–water partition coefficient (Wildman–Crippen LogP) is 3.64.